The second kappa shape index (κ2) is 7.75. The van der Waals surface area contributed by atoms with Crippen LogP contribution in [0.4, 0.5) is 10.1 Å². The van der Waals surface area contributed by atoms with Gasteiger partial charge in [0.15, 0.2) is 0 Å². The van der Waals surface area contributed by atoms with Gasteiger partial charge < -0.3 is 14.5 Å². The molecule has 1 aromatic rings. The molecule has 5 nitrogen and oxygen atoms in total. The molecule has 3 rings (SSSR count). The third kappa shape index (κ3) is 4.42. The van der Waals surface area contributed by atoms with Gasteiger partial charge in [0.05, 0.1) is 19.8 Å². The monoisotopic (exact) mass is 321 g/mol. The zero-order valence-corrected chi connectivity index (χ0v) is 13.4. The van der Waals surface area contributed by atoms with Crippen molar-refractivity contribution < 1.29 is 13.9 Å². The highest BCUT2D eigenvalue weighted by Gasteiger charge is 2.22. The van der Waals surface area contributed by atoms with Gasteiger partial charge in [-0.2, -0.15) is 0 Å². The number of halogens is 1. The SMILES string of the molecule is O=C(CN1CCOCC1)N1CCCN(c2ccc(F)cc2)CC1. The van der Waals surface area contributed by atoms with Crippen LogP contribution in [0, 0.1) is 5.82 Å². The van der Waals surface area contributed by atoms with Crippen molar-refractivity contribution in [2.45, 2.75) is 6.42 Å². The van der Waals surface area contributed by atoms with E-state index in [-0.39, 0.29) is 11.7 Å². The molecule has 0 spiro atoms. The van der Waals surface area contributed by atoms with E-state index >= 15 is 0 Å². The number of rotatable bonds is 3. The summed E-state index contributed by atoms with van der Waals surface area (Å²) >= 11 is 0. The van der Waals surface area contributed by atoms with Crippen LogP contribution in [-0.2, 0) is 9.53 Å². The van der Waals surface area contributed by atoms with Crippen LogP contribution in [-0.4, -0.2) is 74.7 Å². The van der Waals surface area contributed by atoms with E-state index in [1.165, 1.54) is 12.1 Å². The van der Waals surface area contributed by atoms with Crippen LogP contribution in [0.25, 0.3) is 0 Å². The van der Waals surface area contributed by atoms with Crippen LogP contribution in [0.15, 0.2) is 24.3 Å². The van der Waals surface area contributed by atoms with E-state index < -0.39 is 0 Å². The van der Waals surface area contributed by atoms with E-state index in [1.54, 1.807) is 12.1 Å². The first-order valence-electron chi connectivity index (χ1n) is 8.31. The van der Waals surface area contributed by atoms with E-state index in [9.17, 15) is 9.18 Å². The number of hydrogen-bond donors (Lipinski definition) is 0. The predicted octanol–water partition coefficient (Wildman–Crippen LogP) is 1.20. The number of benzene rings is 1. The molecule has 2 heterocycles. The van der Waals surface area contributed by atoms with Crippen LogP contribution in [0.3, 0.4) is 0 Å². The van der Waals surface area contributed by atoms with Gasteiger partial charge in [0.2, 0.25) is 5.91 Å². The Kier molecular flexibility index (Phi) is 5.46. The first-order valence-corrected chi connectivity index (χ1v) is 8.31. The van der Waals surface area contributed by atoms with Gasteiger partial charge >= 0.3 is 0 Å². The van der Waals surface area contributed by atoms with Gasteiger partial charge in [0, 0.05) is 45.0 Å². The Hall–Kier alpha value is -1.66. The highest BCUT2D eigenvalue weighted by molar-refractivity contribution is 5.78. The molecule has 2 saturated heterocycles. The maximum absolute atomic E-state index is 13.0. The molecule has 0 aliphatic carbocycles. The lowest BCUT2D eigenvalue weighted by Gasteiger charge is -2.29. The van der Waals surface area contributed by atoms with Crippen LogP contribution in [0.5, 0.6) is 0 Å². The smallest absolute Gasteiger partial charge is 0.236 e. The Morgan fingerprint density at radius 1 is 1.00 bits per heavy atom. The zero-order chi connectivity index (χ0) is 16.1. The van der Waals surface area contributed by atoms with Crippen molar-refractivity contribution in [2.24, 2.45) is 0 Å². The van der Waals surface area contributed by atoms with Crippen molar-refractivity contribution >= 4 is 11.6 Å². The van der Waals surface area contributed by atoms with Gasteiger partial charge in [-0.3, -0.25) is 9.69 Å². The molecule has 6 heteroatoms. The Balaban J connectivity index is 1.53. The summed E-state index contributed by atoms with van der Waals surface area (Å²) in [5, 5.41) is 0. The summed E-state index contributed by atoms with van der Waals surface area (Å²) < 4.78 is 18.4. The fourth-order valence-electron chi connectivity index (χ4n) is 3.13. The van der Waals surface area contributed by atoms with E-state index in [0.717, 1.165) is 51.4 Å². The Bertz CT molecular complexity index is 517. The lowest BCUT2D eigenvalue weighted by atomic mass is 10.2. The maximum atomic E-state index is 13.0. The lowest BCUT2D eigenvalue weighted by Crippen LogP contribution is -2.45. The quantitative estimate of drug-likeness (QED) is 0.838. The van der Waals surface area contributed by atoms with Gasteiger partial charge in [0.1, 0.15) is 5.82 Å². The summed E-state index contributed by atoms with van der Waals surface area (Å²) in [6, 6.07) is 6.59. The summed E-state index contributed by atoms with van der Waals surface area (Å²) in [6.45, 7) is 6.79. The van der Waals surface area contributed by atoms with E-state index in [0.29, 0.717) is 19.8 Å². The molecule has 23 heavy (non-hydrogen) atoms. The summed E-state index contributed by atoms with van der Waals surface area (Å²) in [5.74, 6) is -0.0151. The van der Waals surface area contributed by atoms with Crippen molar-refractivity contribution in [3.05, 3.63) is 30.1 Å². The zero-order valence-electron chi connectivity index (χ0n) is 13.4. The molecule has 1 aromatic carbocycles. The number of ether oxygens (including phenoxy) is 1. The summed E-state index contributed by atoms with van der Waals surface area (Å²) in [5.41, 5.74) is 1.02. The lowest BCUT2D eigenvalue weighted by molar-refractivity contribution is -0.133. The molecule has 2 aliphatic rings. The van der Waals surface area contributed by atoms with Crippen molar-refractivity contribution in [3.8, 4) is 0 Å². The molecule has 0 bridgehead atoms. The van der Waals surface area contributed by atoms with E-state index in [4.69, 9.17) is 4.74 Å². The minimum atomic E-state index is -0.217. The number of morpholine rings is 1. The number of nitrogens with zero attached hydrogens (tertiary/aromatic N) is 3. The number of anilines is 1. The van der Waals surface area contributed by atoms with Crippen molar-refractivity contribution in [2.75, 3.05) is 63.9 Å². The van der Waals surface area contributed by atoms with Gasteiger partial charge in [0.25, 0.3) is 0 Å². The molecule has 0 saturated carbocycles. The number of amides is 1. The third-order valence-electron chi connectivity index (χ3n) is 4.50. The summed E-state index contributed by atoms with van der Waals surface area (Å²) in [4.78, 5) is 18.8. The summed E-state index contributed by atoms with van der Waals surface area (Å²) in [6.07, 6.45) is 0.937. The standard InChI is InChI=1S/C17H24FN3O2/c18-15-2-4-16(5-3-15)20-6-1-7-21(9-8-20)17(22)14-19-10-12-23-13-11-19/h2-5H,1,6-14H2. The number of hydrogen-bond acceptors (Lipinski definition) is 4. The third-order valence-corrected chi connectivity index (χ3v) is 4.50. The largest absolute Gasteiger partial charge is 0.379 e. The fourth-order valence-corrected chi connectivity index (χ4v) is 3.13. The highest BCUT2D eigenvalue weighted by atomic mass is 19.1. The molecular weight excluding hydrogens is 297 g/mol. The molecule has 126 valence electrons. The fraction of sp³-hybridized carbons (Fsp3) is 0.588. The first-order chi connectivity index (χ1) is 11.2. The first kappa shape index (κ1) is 16.2. The second-order valence-electron chi connectivity index (χ2n) is 6.09. The molecule has 2 aliphatic heterocycles. The topological polar surface area (TPSA) is 36.0 Å². The second-order valence-corrected chi connectivity index (χ2v) is 6.09. The molecule has 2 fully saturated rings. The number of carbonyl (C=O) groups excluding carboxylic acids is 1. The minimum Gasteiger partial charge on any atom is -0.379 e. The van der Waals surface area contributed by atoms with Crippen LogP contribution >= 0.6 is 0 Å². The van der Waals surface area contributed by atoms with E-state index in [2.05, 4.69) is 9.80 Å². The average Bonchev–Trinajstić information content (AvgIpc) is 2.83. The van der Waals surface area contributed by atoms with Crippen LogP contribution < -0.4 is 4.90 Å². The minimum absolute atomic E-state index is 0.202. The maximum Gasteiger partial charge on any atom is 0.236 e. The molecule has 0 atom stereocenters. The average molecular weight is 321 g/mol. The Labute approximate surface area is 136 Å². The van der Waals surface area contributed by atoms with Crippen LogP contribution in [0.1, 0.15) is 6.42 Å². The molecular formula is C17H24FN3O2. The van der Waals surface area contributed by atoms with Crippen molar-refractivity contribution in [1.82, 2.24) is 9.80 Å². The van der Waals surface area contributed by atoms with Gasteiger partial charge in [-0.05, 0) is 30.7 Å². The summed E-state index contributed by atoms with van der Waals surface area (Å²) in [7, 11) is 0. The van der Waals surface area contributed by atoms with Gasteiger partial charge in [-0.15, -0.1) is 0 Å². The molecule has 0 aromatic heterocycles. The predicted molar refractivity (Wildman–Crippen MR) is 87.1 cm³/mol. The highest BCUT2D eigenvalue weighted by Crippen LogP contribution is 2.17. The van der Waals surface area contributed by atoms with Gasteiger partial charge in [-0.1, -0.05) is 0 Å². The number of carbonyl (C=O) groups is 1. The van der Waals surface area contributed by atoms with Gasteiger partial charge in [-0.25, -0.2) is 4.39 Å². The van der Waals surface area contributed by atoms with Crippen LogP contribution in [0.2, 0.25) is 0 Å². The molecule has 1 amide bonds. The molecule has 0 radical (unpaired) electrons. The normalized spacial score (nSPS) is 20.4. The Morgan fingerprint density at radius 3 is 2.48 bits per heavy atom. The molecule has 0 unspecified atom stereocenters. The van der Waals surface area contributed by atoms with Crippen molar-refractivity contribution in [1.29, 1.82) is 0 Å². The molecule has 0 N–H and O–H groups in total. The van der Waals surface area contributed by atoms with E-state index in [1.807, 2.05) is 4.90 Å². The Morgan fingerprint density at radius 2 is 1.74 bits per heavy atom. The van der Waals surface area contributed by atoms with Crippen molar-refractivity contribution in [3.63, 3.8) is 0 Å².